The molecular formula is C16H18N2O4. The van der Waals surface area contributed by atoms with Gasteiger partial charge in [0.15, 0.2) is 0 Å². The number of rotatable bonds is 2. The maximum atomic E-state index is 12.5. The first kappa shape index (κ1) is 14.7. The predicted octanol–water partition coefficient (Wildman–Crippen LogP) is 0.918. The van der Waals surface area contributed by atoms with Crippen molar-refractivity contribution in [3.63, 3.8) is 0 Å². The van der Waals surface area contributed by atoms with Crippen LogP contribution in [0.25, 0.3) is 0 Å². The second-order valence-electron chi connectivity index (χ2n) is 5.78. The van der Waals surface area contributed by atoms with Crippen LogP contribution in [0.3, 0.4) is 0 Å². The summed E-state index contributed by atoms with van der Waals surface area (Å²) in [6.45, 7) is 4.52. The third-order valence-corrected chi connectivity index (χ3v) is 4.13. The third kappa shape index (κ3) is 2.29. The number of carbonyl (C=O) groups is 3. The number of nitrogens with zero attached hydrogens (tertiary/aromatic N) is 2. The minimum atomic E-state index is -0.400. The van der Waals surface area contributed by atoms with Crippen molar-refractivity contribution in [2.45, 2.75) is 25.9 Å². The Balaban J connectivity index is 1.78. The molecule has 22 heavy (non-hydrogen) atoms. The lowest BCUT2D eigenvalue weighted by Gasteiger charge is -2.39. The molecule has 3 amide bonds. The van der Waals surface area contributed by atoms with Crippen LogP contribution in [0.5, 0.6) is 0 Å². The van der Waals surface area contributed by atoms with Gasteiger partial charge in [-0.3, -0.25) is 19.3 Å². The van der Waals surface area contributed by atoms with Crippen LogP contribution in [0.4, 0.5) is 0 Å². The lowest BCUT2D eigenvalue weighted by molar-refractivity contribution is -0.144. The van der Waals surface area contributed by atoms with Crippen LogP contribution < -0.4 is 0 Å². The fraction of sp³-hybridized carbons (Fsp3) is 0.438. The van der Waals surface area contributed by atoms with Gasteiger partial charge < -0.3 is 9.64 Å². The summed E-state index contributed by atoms with van der Waals surface area (Å²) >= 11 is 0. The minimum Gasteiger partial charge on any atom is -0.377 e. The van der Waals surface area contributed by atoms with Gasteiger partial charge in [-0.1, -0.05) is 12.1 Å². The normalized spacial score (nSPS) is 24.6. The van der Waals surface area contributed by atoms with Crippen molar-refractivity contribution in [2.24, 2.45) is 0 Å². The van der Waals surface area contributed by atoms with E-state index >= 15 is 0 Å². The van der Waals surface area contributed by atoms with Gasteiger partial charge in [0.25, 0.3) is 11.8 Å². The van der Waals surface area contributed by atoms with E-state index in [1.165, 1.54) is 0 Å². The fourth-order valence-electron chi connectivity index (χ4n) is 3.10. The molecule has 1 fully saturated rings. The third-order valence-electron chi connectivity index (χ3n) is 4.13. The molecule has 2 atom stereocenters. The van der Waals surface area contributed by atoms with Gasteiger partial charge in [-0.2, -0.15) is 0 Å². The van der Waals surface area contributed by atoms with Gasteiger partial charge in [0, 0.05) is 0 Å². The molecule has 0 N–H and O–H groups in total. The second-order valence-corrected chi connectivity index (χ2v) is 5.78. The summed E-state index contributed by atoms with van der Waals surface area (Å²) in [6.07, 6.45) is 0. The molecule has 1 aromatic carbocycles. The van der Waals surface area contributed by atoms with Crippen LogP contribution in [0, 0.1) is 0 Å². The van der Waals surface area contributed by atoms with E-state index in [0.29, 0.717) is 24.3 Å². The van der Waals surface area contributed by atoms with E-state index in [0.717, 1.165) is 4.90 Å². The molecule has 2 heterocycles. The van der Waals surface area contributed by atoms with Crippen molar-refractivity contribution in [3.05, 3.63) is 35.4 Å². The average Bonchev–Trinajstić information content (AvgIpc) is 2.73. The van der Waals surface area contributed by atoms with Crippen LogP contribution in [0.2, 0.25) is 0 Å². The van der Waals surface area contributed by atoms with E-state index in [9.17, 15) is 14.4 Å². The first-order valence-corrected chi connectivity index (χ1v) is 7.35. The average molecular weight is 302 g/mol. The van der Waals surface area contributed by atoms with Gasteiger partial charge >= 0.3 is 0 Å². The molecule has 1 saturated heterocycles. The van der Waals surface area contributed by atoms with Gasteiger partial charge in [-0.15, -0.1) is 0 Å². The molecule has 1 aromatic rings. The van der Waals surface area contributed by atoms with Gasteiger partial charge in [0.1, 0.15) is 6.54 Å². The maximum absolute atomic E-state index is 12.5. The van der Waals surface area contributed by atoms with Gasteiger partial charge in [0.05, 0.1) is 36.4 Å². The zero-order valence-corrected chi connectivity index (χ0v) is 12.6. The summed E-state index contributed by atoms with van der Waals surface area (Å²) in [4.78, 5) is 39.9. The molecule has 2 aliphatic heterocycles. The van der Waals surface area contributed by atoms with Crippen LogP contribution in [-0.2, 0) is 9.53 Å². The summed E-state index contributed by atoms with van der Waals surface area (Å²) in [5, 5.41) is 0. The number of carbonyl (C=O) groups excluding carboxylic acids is 3. The summed E-state index contributed by atoms with van der Waals surface area (Å²) in [6, 6.07) is 6.51. The van der Waals surface area contributed by atoms with E-state index in [-0.39, 0.29) is 24.5 Å². The van der Waals surface area contributed by atoms with Crippen LogP contribution >= 0.6 is 0 Å². The molecule has 2 aliphatic rings. The number of benzene rings is 1. The lowest BCUT2D eigenvalue weighted by Crippen LogP contribution is -2.55. The van der Waals surface area contributed by atoms with E-state index < -0.39 is 11.8 Å². The fourth-order valence-corrected chi connectivity index (χ4v) is 3.10. The molecule has 0 saturated carbocycles. The first-order chi connectivity index (χ1) is 10.5. The smallest absolute Gasteiger partial charge is 0.262 e. The monoisotopic (exact) mass is 302 g/mol. The number of hydrogen-bond acceptors (Lipinski definition) is 4. The molecule has 0 spiro atoms. The number of fused-ring (bicyclic) bond motifs is 1. The predicted molar refractivity (Wildman–Crippen MR) is 78.4 cm³/mol. The van der Waals surface area contributed by atoms with E-state index in [1.54, 1.807) is 29.2 Å². The van der Waals surface area contributed by atoms with Crippen molar-refractivity contribution in [2.75, 3.05) is 19.8 Å². The van der Waals surface area contributed by atoms with Crippen LogP contribution in [0.15, 0.2) is 24.3 Å². The largest absolute Gasteiger partial charge is 0.377 e. The Labute approximate surface area is 128 Å². The van der Waals surface area contributed by atoms with Gasteiger partial charge in [-0.05, 0) is 26.0 Å². The lowest BCUT2D eigenvalue weighted by atomic mass is 10.1. The zero-order chi connectivity index (χ0) is 15.9. The number of morpholine rings is 1. The second kappa shape index (κ2) is 5.53. The highest BCUT2D eigenvalue weighted by Gasteiger charge is 2.38. The summed E-state index contributed by atoms with van der Waals surface area (Å²) in [7, 11) is 0. The van der Waals surface area contributed by atoms with Crippen molar-refractivity contribution in [1.82, 2.24) is 9.80 Å². The molecule has 0 aliphatic carbocycles. The summed E-state index contributed by atoms with van der Waals surface area (Å²) < 4.78 is 5.40. The molecule has 2 unspecified atom stereocenters. The topological polar surface area (TPSA) is 66.9 Å². The molecule has 0 bridgehead atoms. The number of ether oxygens (including phenoxy) is 1. The van der Waals surface area contributed by atoms with E-state index in [2.05, 4.69) is 0 Å². The number of hydrogen-bond donors (Lipinski definition) is 0. The van der Waals surface area contributed by atoms with Gasteiger partial charge in [-0.25, -0.2) is 0 Å². The van der Waals surface area contributed by atoms with Crippen LogP contribution in [0.1, 0.15) is 34.6 Å². The molecule has 0 radical (unpaired) electrons. The van der Waals surface area contributed by atoms with Crippen molar-refractivity contribution < 1.29 is 19.1 Å². The Morgan fingerprint density at radius 3 is 2.09 bits per heavy atom. The Hall–Kier alpha value is -2.21. The molecule has 0 aromatic heterocycles. The Kier molecular flexibility index (Phi) is 3.70. The Morgan fingerprint density at radius 2 is 1.59 bits per heavy atom. The molecule has 3 rings (SSSR count). The van der Waals surface area contributed by atoms with Gasteiger partial charge in [0.2, 0.25) is 5.91 Å². The first-order valence-electron chi connectivity index (χ1n) is 7.35. The number of imide groups is 1. The molecule has 6 nitrogen and oxygen atoms in total. The van der Waals surface area contributed by atoms with E-state index in [1.807, 2.05) is 13.8 Å². The van der Waals surface area contributed by atoms with Crippen LogP contribution in [-0.4, -0.2) is 59.4 Å². The Bertz CT molecular complexity index is 598. The number of amides is 3. The molecular weight excluding hydrogens is 284 g/mol. The summed E-state index contributed by atoms with van der Waals surface area (Å²) in [5.74, 6) is -1.03. The summed E-state index contributed by atoms with van der Waals surface area (Å²) in [5.41, 5.74) is 0.728. The van der Waals surface area contributed by atoms with E-state index in [4.69, 9.17) is 4.74 Å². The van der Waals surface area contributed by atoms with Crippen molar-refractivity contribution in [3.8, 4) is 0 Å². The van der Waals surface area contributed by atoms with Crippen molar-refractivity contribution in [1.29, 1.82) is 0 Å². The quantitative estimate of drug-likeness (QED) is 0.762. The SMILES string of the molecule is CC1COCC(C)N1C(=O)CN1C(=O)c2ccccc2C1=O. The van der Waals surface area contributed by atoms with Crippen molar-refractivity contribution >= 4 is 17.7 Å². The highest BCUT2D eigenvalue weighted by molar-refractivity contribution is 6.22. The zero-order valence-electron chi connectivity index (χ0n) is 12.6. The maximum Gasteiger partial charge on any atom is 0.262 e. The molecule has 116 valence electrons. The highest BCUT2D eigenvalue weighted by Crippen LogP contribution is 2.23. The molecule has 6 heteroatoms. The minimum absolute atomic E-state index is 0.0635. The highest BCUT2D eigenvalue weighted by atomic mass is 16.5. The standard InChI is InChI=1S/C16H18N2O4/c1-10-8-22-9-11(2)18(10)14(19)7-17-15(20)12-5-3-4-6-13(12)16(17)21/h3-6,10-11H,7-9H2,1-2H3. The Morgan fingerprint density at radius 1 is 1.09 bits per heavy atom.